The maximum atomic E-state index is 5.33. The fourth-order valence-corrected chi connectivity index (χ4v) is 1.75. The van der Waals surface area contributed by atoms with Gasteiger partial charge in [-0.1, -0.05) is 20.3 Å². The highest BCUT2D eigenvalue weighted by atomic mass is 16.5. The lowest BCUT2D eigenvalue weighted by molar-refractivity contribution is 0.0733. The van der Waals surface area contributed by atoms with Gasteiger partial charge >= 0.3 is 0 Å². The van der Waals surface area contributed by atoms with E-state index in [0.717, 1.165) is 19.1 Å². The van der Waals surface area contributed by atoms with E-state index in [1.54, 1.807) is 0 Å². The van der Waals surface area contributed by atoms with Gasteiger partial charge in [-0.15, -0.1) is 0 Å². The second-order valence-electron chi connectivity index (χ2n) is 4.23. The van der Waals surface area contributed by atoms with Crippen molar-refractivity contribution in [3.63, 3.8) is 0 Å². The largest absolute Gasteiger partial charge is 0.381 e. The van der Waals surface area contributed by atoms with E-state index >= 15 is 0 Å². The second kappa shape index (κ2) is 5.61. The molecule has 0 radical (unpaired) electrons. The summed E-state index contributed by atoms with van der Waals surface area (Å²) in [5.41, 5.74) is 0. The molecule has 0 aromatic heterocycles. The zero-order valence-electron chi connectivity index (χ0n) is 9.18. The van der Waals surface area contributed by atoms with E-state index in [1.165, 1.54) is 19.3 Å². The van der Waals surface area contributed by atoms with E-state index in [-0.39, 0.29) is 0 Å². The number of hydrogen-bond donors (Lipinski definition) is 1. The van der Waals surface area contributed by atoms with Crippen LogP contribution in [0.3, 0.4) is 0 Å². The van der Waals surface area contributed by atoms with Gasteiger partial charge < -0.3 is 10.1 Å². The molecule has 1 saturated heterocycles. The van der Waals surface area contributed by atoms with Crippen molar-refractivity contribution in [3.05, 3.63) is 0 Å². The van der Waals surface area contributed by atoms with Gasteiger partial charge in [0.1, 0.15) is 0 Å². The van der Waals surface area contributed by atoms with Crippen LogP contribution in [-0.2, 0) is 4.74 Å². The van der Waals surface area contributed by atoms with E-state index in [2.05, 4.69) is 26.1 Å². The first-order chi connectivity index (χ1) is 6.24. The van der Waals surface area contributed by atoms with Crippen LogP contribution in [0.2, 0.25) is 0 Å². The molecule has 1 fully saturated rings. The van der Waals surface area contributed by atoms with Gasteiger partial charge in [0.2, 0.25) is 0 Å². The van der Waals surface area contributed by atoms with Crippen molar-refractivity contribution in [1.29, 1.82) is 0 Å². The maximum Gasteiger partial charge on any atom is 0.0480 e. The molecule has 1 heterocycles. The third-order valence-corrected chi connectivity index (χ3v) is 3.22. The van der Waals surface area contributed by atoms with Crippen molar-refractivity contribution in [3.8, 4) is 0 Å². The maximum absolute atomic E-state index is 5.33. The molecule has 2 nitrogen and oxygen atoms in total. The molecule has 2 atom stereocenters. The van der Waals surface area contributed by atoms with Crippen molar-refractivity contribution in [2.24, 2.45) is 5.92 Å². The monoisotopic (exact) mass is 185 g/mol. The first-order valence-electron chi connectivity index (χ1n) is 5.57. The lowest BCUT2D eigenvalue weighted by atomic mass is 9.98. The van der Waals surface area contributed by atoms with E-state index in [9.17, 15) is 0 Å². The fraction of sp³-hybridized carbons (Fsp3) is 1.00. The molecule has 2 heteroatoms. The van der Waals surface area contributed by atoms with Crippen LogP contribution in [0.25, 0.3) is 0 Å². The molecule has 1 rings (SSSR count). The highest BCUT2D eigenvalue weighted by Crippen LogP contribution is 2.12. The summed E-state index contributed by atoms with van der Waals surface area (Å²) < 4.78 is 5.33. The van der Waals surface area contributed by atoms with Gasteiger partial charge in [0, 0.05) is 25.3 Å². The number of nitrogens with one attached hydrogen (secondary N) is 1. The molecule has 1 aliphatic heterocycles. The topological polar surface area (TPSA) is 21.3 Å². The van der Waals surface area contributed by atoms with Gasteiger partial charge in [-0.05, 0) is 25.7 Å². The molecule has 0 saturated carbocycles. The molecular formula is C11H23NO. The van der Waals surface area contributed by atoms with Gasteiger partial charge in [-0.3, -0.25) is 0 Å². The van der Waals surface area contributed by atoms with Crippen LogP contribution in [0.4, 0.5) is 0 Å². The number of ether oxygens (including phenoxy) is 1. The molecule has 0 aliphatic carbocycles. The van der Waals surface area contributed by atoms with Crippen molar-refractivity contribution >= 4 is 0 Å². The summed E-state index contributed by atoms with van der Waals surface area (Å²) in [7, 11) is 0. The highest BCUT2D eigenvalue weighted by Gasteiger charge is 2.17. The van der Waals surface area contributed by atoms with Crippen molar-refractivity contribution in [2.45, 2.75) is 52.1 Å². The van der Waals surface area contributed by atoms with Crippen LogP contribution < -0.4 is 5.32 Å². The minimum absolute atomic E-state index is 0.646. The Morgan fingerprint density at radius 2 is 1.92 bits per heavy atom. The standard InChI is InChI=1S/C11H23NO/c1-4-9(2)10(3)12-11-5-7-13-8-6-11/h9-12H,4-8H2,1-3H3. The minimum atomic E-state index is 0.646. The summed E-state index contributed by atoms with van der Waals surface area (Å²) in [4.78, 5) is 0. The summed E-state index contributed by atoms with van der Waals surface area (Å²) >= 11 is 0. The summed E-state index contributed by atoms with van der Waals surface area (Å²) in [6, 6.07) is 1.34. The number of hydrogen-bond acceptors (Lipinski definition) is 2. The molecule has 13 heavy (non-hydrogen) atoms. The lowest BCUT2D eigenvalue weighted by Gasteiger charge is -2.29. The predicted octanol–water partition coefficient (Wildman–Crippen LogP) is 2.19. The van der Waals surface area contributed by atoms with E-state index < -0.39 is 0 Å². The molecule has 0 aromatic carbocycles. The first-order valence-corrected chi connectivity index (χ1v) is 5.57. The molecule has 0 aromatic rings. The molecule has 0 bridgehead atoms. The van der Waals surface area contributed by atoms with Crippen LogP contribution >= 0.6 is 0 Å². The minimum Gasteiger partial charge on any atom is -0.381 e. The first kappa shape index (κ1) is 11.0. The molecule has 1 N–H and O–H groups in total. The summed E-state index contributed by atoms with van der Waals surface area (Å²) in [6.07, 6.45) is 3.62. The Kier molecular flexibility index (Phi) is 4.74. The SMILES string of the molecule is CCC(C)C(C)NC1CCOCC1. The Morgan fingerprint density at radius 1 is 1.31 bits per heavy atom. The normalized spacial score (nSPS) is 24.2. The zero-order valence-corrected chi connectivity index (χ0v) is 9.18. The molecular weight excluding hydrogens is 162 g/mol. The molecule has 0 spiro atoms. The van der Waals surface area contributed by atoms with Gasteiger partial charge in [0.05, 0.1) is 0 Å². The summed E-state index contributed by atoms with van der Waals surface area (Å²) in [5.74, 6) is 0.780. The molecule has 78 valence electrons. The Bertz CT molecular complexity index is 132. The van der Waals surface area contributed by atoms with Gasteiger partial charge in [0.25, 0.3) is 0 Å². The smallest absolute Gasteiger partial charge is 0.0480 e. The molecule has 0 amide bonds. The Hall–Kier alpha value is -0.0800. The van der Waals surface area contributed by atoms with Crippen LogP contribution in [0.5, 0.6) is 0 Å². The van der Waals surface area contributed by atoms with Crippen molar-refractivity contribution in [1.82, 2.24) is 5.32 Å². The van der Waals surface area contributed by atoms with Crippen LogP contribution in [0.1, 0.15) is 40.0 Å². The zero-order chi connectivity index (χ0) is 9.68. The number of rotatable bonds is 4. The van der Waals surface area contributed by atoms with E-state index in [0.29, 0.717) is 12.1 Å². The van der Waals surface area contributed by atoms with Gasteiger partial charge in [0.15, 0.2) is 0 Å². The predicted molar refractivity (Wildman–Crippen MR) is 55.9 cm³/mol. The average molecular weight is 185 g/mol. The second-order valence-corrected chi connectivity index (χ2v) is 4.23. The Labute approximate surface area is 82.0 Å². The van der Waals surface area contributed by atoms with Crippen molar-refractivity contribution < 1.29 is 4.74 Å². The fourth-order valence-electron chi connectivity index (χ4n) is 1.75. The third-order valence-electron chi connectivity index (χ3n) is 3.22. The summed E-state index contributed by atoms with van der Waals surface area (Å²) in [6.45, 7) is 8.74. The van der Waals surface area contributed by atoms with E-state index in [1.807, 2.05) is 0 Å². The molecule has 2 unspecified atom stereocenters. The quantitative estimate of drug-likeness (QED) is 0.725. The lowest BCUT2D eigenvalue weighted by Crippen LogP contribution is -2.42. The van der Waals surface area contributed by atoms with Crippen LogP contribution in [0.15, 0.2) is 0 Å². The van der Waals surface area contributed by atoms with Crippen LogP contribution in [0, 0.1) is 5.92 Å². The molecule has 1 aliphatic rings. The average Bonchev–Trinajstić information content (AvgIpc) is 2.18. The van der Waals surface area contributed by atoms with Gasteiger partial charge in [-0.2, -0.15) is 0 Å². The Balaban J connectivity index is 2.21. The third kappa shape index (κ3) is 3.65. The van der Waals surface area contributed by atoms with E-state index in [4.69, 9.17) is 4.74 Å². The Morgan fingerprint density at radius 3 is 2.46 bits per heavy atom. The highest BCUT2D eigenvalue weighted by molar-refractivity contribution is 4.76. The van der Waals surface area contributed by atoms with Crippen molar-refractivity contribution in [2.75, 3.05) is 13.2 Å². The van der Waals surface area contributed by atoms with Gasteiger partial charge in [-0.25, -0.2) is 0 Å². The van der Waals surface area contributed by atoms with Crippen LogP contribution in [-0.4, -0.2) is 25.3 Å². The summed E-state index contributed by atoms with van der Waals surface area (Å²) in [5, 5.41) is 3.69.